The molecule has 0 saturated heterocycles. The van der Waals surface area contributed by atoms with Gasteiger partial charge in [-0.1, -0.05) is 42.5 Å². The molecular formula is C23H20N4O3S. The van der Waals surface area contributed by atoms with Crippen LogP contribution >= 0.6 is 0 Å². The number of phenols is 1. The standard InChI is InChI=1S/C23H20N4O3S/c1-15-13-16-11-12-18(24)23(22(16)20(28)14-15)26-25-19-9-5-6-10-21(19)31(29,30)27-17-7-3-2-4-8-17/h2-14,27-28H,24H2,1H3. The predicted octanol–water partition coefficient (Wildman–Crippen LogP) is 5.65. The lowest BCUT2D eigenvalue weighted by atomic mass is 10.0. The fraction of sp³-hybridized carbons (Fsp3) is 0.0435. The fourth-order valence-corrected chi connectivity index (χ4v) is 4.48. The van der Waals surface area contributed by atoms with Crippen LogP contribution in [0.3, 0.4) is 0 Å². The Morgan fingerprint density at radius 2 is 1.61 bits per heavy atom. The number of para-hydroxylation sites is 1. The second-order valence-electron chi connectivity index (χ2n) is 7.02. The van der Waals surface area contributed by atoms with E-state index in [9.17, 15) is 13.5 Å². The molecule has 0 bridgehead atoms. The first kappa shape index (κ1) is 20.4. The molecule has 0 aromatic heterocycles. The molecule has 31 heavy (non-hydrogen) atoms. The predicted molar refractivity (Wildman–Crippen MR) is 123 cm³/mol. The van der Waals surface area contributed by atoms with Crippen molar-refractivity contribution in [2.75, 3.05) is 10.5 Å². The lowest BCUT2D eigenvalue weighted by Gasteiger charge is -2.10. The van der Waals surface area contributed by atoms with E-state index in [2.05, 4.69) is 15.0 Å². The van der Waals surface area contributed by atoms with E-state index in [1.807, 2.05) is 13.0 Å². The number of aromatic hydroxyl groups is 1. The van der Waals surface area contributed by atoms with Crippen LogP contribution in [0.4, 0.5) is 22.7 Å². The average Bonchev–Trinajstić information content (AvgIpc) is 2.74. The summed E-state index contributed by atoms with van der Waals surface area (Å²) in [5, 5.41) is 20.0. The van der Waals surface area contributed by atoms with Gasteiger partial charge < -0.3 is 10.8 Å². The number of anilines is 2. The van der Waals surface area contributed by atoms with Crippen molar-refractivity contribution in [3.63, 3.8) is 0 Å². The summed E-state index contributed by atoms with van der Waals surface area (Å²) in [7, 11) is -3.90. The number of sulfonamides is 1. The summed E-state index contributed by atoms with van der Waals surface area (Å²) in [5.74, 6) is 0.0305. The van der Waals surface area contributed by atoms with Crippen LogP contribution < -0.4 is 10.5 Å². The molecule has 0 aliphatic rings. The minimum atomic E-state index is -3.90. The number of hydrogen-bond donors (Lipinski definition) is 3. The monoisotopic (exact) mass is 432 g/mol. The smallest absolute Gasteiger partial charge is 0.264 e. The first-order valence-electron chi connectivity index (χ1n) is 9.45. The minimum absolute atomic E-state index is 0.0264. The summed E-state index contributed by atoms with van der Waals surface area (Å²) >= 11 is 0. The van der Waals surface area contributed by atoms with Gasteiger partial charge in [0.2, 0.25) is 0 Å². The van der Waals surface area contributed by atoms with Crippen LogP contribution in [0.25, 0.3) is 10.8 Å². The molecule has 0 saturated carbocycles. The number of nitrogens with two attached hydrogens (primary N) is 1. The molecule has 8 heteroatoms. The molecule has 4 rings (SSSR count). The summed E-state index contributed by atoms with van der Waals surface area (Å²) in [6.07, 6.45) is 0. The van der Waals surface area contributed by atoms with Gasteiger partial charge in [0.15, 0.2) is 0 Å². The second kappa shape index (κ2) is 8.08. The highest BCUT2D eigenvalue weighted by Crippen LogP contribution is 2.40. The maximum Gasteiger partial charge on any atom is 0.264 e. The van der Waals surface area contributed by atoms with Gasteiger partial charge in [-0.25, -0.2) is 8.42 Å². The summed E-state index contributed by atoms with van der Waals surface area (Å²) in [5.41, 5.74) is 8.16. The number of phenolic OH excluding ortho intramolecular Hbond substituents is 1. The molecule has 0 unspecified atom stereocenters. The Hall–Kier alpha value is -3.91. The second-order valence-corrected chi connectivity index (χ2v) is 8.68. The highest BCUT2D eigenvalue weighted by Gasteiger charge is 2.19. The Balaban J connectivity index is 1.78. The van der Waals surface area contributed by atoms with Crippen LogP contribution in [0.2, 0.25) is 0 Å². The maximum atomic E-state index is 12.9. The van der Waals surface area contributed by atoms with E-state index in [0.717, 1.165) is 10.9 Å². The number of azo groups is 1. The van der Waals surface area contributed by atoms with Crippen LogP contribution in [0.15, 0.2) is 94.0 Å². The van der Waals surface area contributed by atoms with Crippen LogP contribution in [0.5, 0.6) is 5.75 Å². The van der Waals surface area contributed by atoms with Gasteiger partial charge in [-0.2, -0.15) is 0 Å². The maximum absolute atomic E-state index is 12.9. The van der Waals surface area contributed by atoms with Gasteiger partial charge in [0.05, 0.1) is 11.1 Å². The van der Waals surface area contributed by atoms with Crippen LogP contribution in [0, 0.1) is 6.92 Å². The van der Waals surface area contributed by atoms with E-state index >= 15 is 0 Å². The molecule has 4 aromatic rings. The molecular weight excluding hydrogens is 412 g/mol. The van der Waals surface area contributed by atoms with Crippen molar-refractivity contribution in [1.82, 2.24) is 0 Å². The lowest BCUT2D eigenvalue weighted by Crippen LogP contribution is -2.12. The molecule has 0 heterocycles. The number of nitrogen functional groups attached to an aromatic ring is 1. The highest BCUT2D eigenvalue weighted by molar-refractivity contribution is 7.92. The lowest BCUT2D eigenvalue weighted by molar-refractivity contribution is 0.481. The van der Waals surface area contributed by atoms with Crippen molar-refractivity contribution in [2.45, 2.75) is 11.8 Å². The van der Waals surface area contributed by atoms with Crippen molar-refractivity contribution >= 4 is 43.5 Å². The minimum Gasteiger partial charge on any atom is -0.507 e. The number of rotatable bonds is 5. The molecule has 0 radical (unpaired) electrons. The topological polar surface area (TPSA) is 117 Å². The average molecular weight is 433 g/mol. The molecule has 156 valence electrons. The van der Waals surface area contributed by atoms with Crippen molar-refractivity contribution in [2.24, 2.45) is 10.2 Å². The third-order valence-electron chi connectivity index (χ3n) is 4.68. The van der Waals surface area contributed by atoms with Gasteiger partial charge in [0.1, 0.15) is 22.0 Å². The van der Waals surface area contributed by atoms with Gasteiger partial charge in [-0.3, -0.25) is 4.72 Å². The number of nitrogens with zero attached hydrogens (tertiary/aromatic N) is 2. The van der Waals surface area contributed by atoms with E-state index in [1.165, 1.54) is 6.07 Å². The molecule has 7 nitrogen and oxygen atoms in total. The Labute approximate surface area is 179 Å². The SMILES string of the molecule is Cc1cc(O)c2c(N=Nc3ccccc3S(=O)(=O)Nc3ccccc3)c(N)ccc2c1. The molecule has 0 amide bonds. The summed E-state index contributed by atoms with van der Waals surface area (Å²) in [6.45, 7) is 1.87. The van der Waals surface area contributed by atoms with E-state index in [-0.39, 0.29) is 22.0 Å². The molecule has 4 aromatic carbocycles. The van der Waals surface area contributed by atoms with Crippen LogP contribution in [-0.2, 0) is 10.0 Å². The summed E-state index contributed by atoms with van der Waals surface area (Å²) in [6, 6.07) is 21.8. The molecule has 0 aliphatic heterocycles. The van der Waals surface area contributed by atoms with Crippen LogP contribution in [-0.4, -0.2) is 13.5 Å². The van der Waals surface area contributed by atoms with Crippen molar-refractivity contribution < 1.29 is 13.5 Å². The van der Waals surface area contributed by atoms with Crippen molar-refractivity contribution in [3.8, 4) is 5.75 Å². The van der Waals surface area contributed by atoms with Crippen LogP contribution in [0.1, 0.15) is 5.56 Å². The van der Waals surface area contributed by atoms with Gasteiger partial charge in [0, 0.05) is 5.69 Å². The number of fused-ring (bicyclic) bond motifs is 1. The largest absolute Gasteiger partial charge is 0.507 e. The quantitative estimate of drug-likeness (QED) is 0.279. The first-order chi connectivity index (χ1) is 14.8. The Morgan fingerprint density at radius 3 is 2.39 bits per heavy atom. The Bertz CT molecular complexity index is 1400. The molecule has 0 atom stereocenters. The zero-order chi connectivity index (χ0) is 22.0. The van der Waals surface area contributed by atoms with E-state index in [1.54, 1.807) is 66.7 Å². The summed E-state index contributed by atoms with van der Waals surface area (Å²) in [4.78, 5) is -0.0264. The third kappa shape index (κ3) is 4.19. The normalized spacial score (nSPS) is 11.8. The van der Waals surface area contributed by atoms with Gasteiger partial charge in [0.25, 0.3) is 10.0 Å². The Kier molecular flexibility index (Phi) is 5.31. The summed E-state index contributed by atoms with van der Waals surface area (Å²) < 4.78 is 28.4. The highest BCUT2D eigenvalue weighted by atomic mass is 32.2. The zero-order valence-electron chi connectivity index (χ0n) is 16.6. The third-order valence-corrected chi connectivity index (χ3v) is 6.11. The molecule has 0 spiro atoms. The van der Waals surface area contributed by atoms with E-state index in [0.29, 0.717) is 16.8 Å². The number of nitrogens with one attached hydrogen (secondary N) is 1. The molecule has 0 aliphatic carbocycles. The van der Waals surface area contributed by atoms with Crippen molar-refractivity contribution in [1.29, 1.82) is 0 Å². The number of aryl methyl sites for hydroxylation is 1. The number of benzene rings is 4. The molecule has 4 N–H and O–H groups in total. The van der Waals surface area contributed by atoms with Gasteiger partial charge in [-0.05, 0) is 54.3 Å². The van der Waals surface area contributed by atoms with E-state index < -0.39 is 10.0 Å². The first-order valence-corrected chi connectivity index (χ1v) is 10.9. The Morgan fingerprint density at radius 1 is 0.903 bits per heavy atom. The van der Waals surface area contributed by atoms with Gasteiger partial charge in [-0.15, -0.1) is 10.2 Å². The van der Waals surface area contributed by atoms with Gasteiger partial charge >= 0.3 is 0 Å². The van der Waals surface area contributed by atoms with E-state index in [4.69, 9.17) is 5.73 Å². The fourth-order valence-electron chi connectivity index (χ4n) is 3.28. The zero-order valence-corrected chi connectivity index (χ0v) is 17.5. The van der Waals surface area contributed by atoms with Crippen molar-refractivity contribution in [3.05, 3.63) is 84.4 Å². The number of hydrogen-bond acceptors (Lipinski definition) is 6. The molecule has 0 fully saturated rings.